The van der Waals surface area contributed by atoms with E-state index in [9.17, 15) is 30.2 Å². The number of alkyl halides is 3. The molecular formula is C64H66Cl2F3SiZr. The van der Waals surface area contributed by atoms with Gasteiger partial charge in [-0.1, -0.05) is 0 Å². The van der Waals surface area contributed by atoms with Crippen molar-refractivity contribution in [2.24, 2.45) is 46.3 Å². The van der Waals surface area contributed by atoms with Crippen LogP contribution in [0.25, 0.3) is 56.0 Å². The average Bonchev–Trinajstić information content (AvgIpc) is 3.90. The van der Waals surface area contributed by atoms with Crippen molar-refractivity contribution in [2.45, 2.75) is 122 Å². The fourth-order valence-electron chi connectivity index (χ4n) is 19.0. The summed E-state index contributed by atoms with van der Waals surface area (Å²) in [6.45, 7) is 2.22. The molecule has 3 atom stereocenters. The second-order valence-corrected chi connectivity index (χ2v) is 66.8. The van der Waals surface area contributed by atoms with Crippen molar-refractivity contribution in [3.05, 3.63) is 155 Å². The van der Waals surface area contributed by atoms with Crippen molar-refractivity contribution in [1.29, 1.82) is 0 Å². The number of hydrogen-bond donors (Lipinski definition) is 0. The van der Waals surface area contributed by atoms with Crippen molar-refractivity contribution in [3.63, 3.8) is 0 Å². The molecule has 8 saturated carbocycles. The van der Waals surface area contributed by atoms with Gasteiger partial charge in [0.15, 0.2) is 0 Å². The number of hydrogen-bond acceptors (Lipinski definition) is 0. The molecule has 0 radical (unpaired) electrons. The molecule has 8 fully saturated rings. The average molecular weight is 1080 g/mol. The SMILES string of the molecule is C[SiH](CCC(F)(F)F)[Zr]([Cl])([Cl])([CH]1C(CC23CC4CC(CC(C4)C2)C3)=Cc2c(-c3ccc4ccccc4c3)cccc21)[CH]1C(CC23CC4CC(CC(C4)C2)C3)=Cc2c(-c3ccc4ccccc4c3)cccc21. The van der Waals surface area contributed by atoms with Gasteiger partial charge >= 0.3 is 431 Å². The fraction of sp³-hybridized carbons (Fsp3) is 0.438. The number of fused-ring (bicyclic) bond motifs is 4. The van der Waals surface area contributed by atoms with Gasteiger partial charge < -0.3 is 0 Å². The van der Waals surface area contributed by atoms with Crippen LogP contribution >= 0.6 is 17.0 Å². The molecule has 0 saturated heterocycles. The van der Waals surface area contributed by atoms with Gasteiger partial charge in [0.25, 0.3) is 0 Å². The summed E-state index contributed by atoms with van der Waals surface area (Å²) in [6.07, 6.45) is 17.6. The summed E-state index contributed by atoms with van der Waals surface area (Å²) in [5, 5.41) is 4.82. The Labute approximate surface area is 427 Å². The summed E-state index contributed by atoms with van der Waals surface area (Å²) in [4.78, 5) is 0. The zero-order valence-corrected chi connectivity index (χ0v) is 46.2. The third kappa shape index (κ3) is 7.70. The van der Waals surface area contributed by atoms with Crippen LogP contribution in [-0.2, 0) is 15.6 Å². The van der Waals surface area contributed by atoms with Crippen LogP contribution in [0.4, 0.5) is 13.2 Å². The molecule has 71 heavy (non-hydrogen) atoms. The molecule has 0 spiro atoms. The second-order valence-electron chi connectivity index (χ2n) is 25.5. The molecule has 10 aliphatic carbocycles. The van der Waals surface area contributed by atoms with E-state index in [4.69, 9.17) is 0 Å². The van der Waals surface area contributed by atoms with Gasteiger partial charge in [-0.15, -0.1) is 0 Å². The fourth-order valence-corrected chi connectivity index (χ4v) is 59.0. The molecule has 8 bridgehead atoms. The minimum absolute atomic E-state index is 0.0729. The van der Waals surface area contributed by atoms with Crippen LogP contribution in [0.2, 0.25) is 12.6 Å². The maximum absolute atomic E-state index is 14.9. The van der Waals surface area contributed by atoms with Crippen LogP contribution < -0.4 is 0 Å². The van der Waals surface area contributed by atoms with Crippen LogP contribution in [-0.4, -0.2) is 12.1 Å². The van der Waals surface area contributed by atoms with Gasteiger partial charge in [-0.05, 0) is 0 Å². The number of rotatable bonds is 11. The first kappa shape index (κ1) is 46.3. The van der Waals surface area contributed by atoms with Crippen molar-refractivity contribution in [2.75, 3.05) is 0 Å². The third-order valence-corrected chi connectivity index (χ3v) is 71.0. The zero-order chi connectivity index (χ0) is 48.1. The first-order chi connectivity index (χ1) is 34.2. The Morgan fingerprint density at radius 2 is 0.887 bits per heavy atom. The van der Waals surface area contributed by atoms with Crippen molar-refractivity contribution < 1.29 is 28.7 Å². The van der Waals surface area contributed by atoms with Gasteiger partial charge in [0.1, 0.15) is 0 Å². The van der Waals surface area contributed by atoms with Gasteiger partial charge in [0.2, 0.25) is 0 Å². The van der Waals surface area contributed by atoms with E-state index in [1.807, 2.05) is 0 Å². The van der Waals surface area contributed by atoms with Crippen LogP contribution in [0.1, 0.15) is 126 Å². The summed E-state index contributed by atoms with van der Waals surface area (Å²) >= 11 is -5.88. The van der Waals surface area contributed by atoms with Gasteiger partial charge in [-0.25, -0.2) is 0 Å². The Balaban J connectivity index is 0.993. The number of allylic oxidation sites excluding steroid dienone is 2. The molecule has 6 aromatic rings. The quantitative estimate of drug-likeness (QED) is 0.113. The molecule has 6 aromatic carbocycles. The predicted molar refractivity (Wildman–Crippen MR) is 291 cm³/mol. The predicted octanol–water partition coefficient (Wildman–Crippen LogP) is 19.4. The molecule has 3 unspecified atom stereocenters. The minimum atomic E-state index is -5.88. The summed E-state index contributed by atoms with van der Waals surface area (Å²) < 4.78 is 44.3. The maximum atomic E-state index is 14.9. The Hall–Kier alpha value is -3.21. The van der Waals surface area contributed by atoms with Crippen molar-refractivity contribution in [1.82, 2.24) is 0 Å². The summed E-state index contributed by atoms with van der Waals surface area (Å²) in [5.74, 6) is 2.01. The van der Waals surface area contributed by atoms with E-state index < -0.39 is 34.1 Å². The van der Waals surface area contributed by atoms with E-state index in [2.05, 4.69) is 140 Å². The molecule has 0 aromatic heterocycles. The molecule has 7 heteroatoms. The summed E-state index contributed by atoms with van der Waals surface area (Å²) in [5.41, 5.74) is 12.6. The topological polar surface area (TPSA) is 0 Å². The molecule has 0 N–H and O–H groups in total. The normalized spacial score (nSPS) is 32.2. The first-order valence-electron chi connectivity index (χ1n) is 27.5. The van der Waals surface area contributed by atoms with Gasteiger partial charge in [0, 0.05) is 0 Å². The van der Waals surface area contributed by atoms with Gasteiger partial charge in [0.05, 0.1) is 0 Å². The molecule has 16 rings (SSSR count). The Morgan fingerprint density at radius 1 is 0.507 bits per heavy atom. The standard InChI is InChI=1S/2C30H29.C4H8F3Si.2ClH.Zr/c2*1-2-5-25-15-27(9-8-24(25)4-1)28-7-3-6-26-13-23(14-29(26)28)19-30-16-20-10-21(17-30)12-22(11-20)18-30;1-8-3-2-4(5,6)7;;;/h2*1-9,13-15,20-22H,10-12,16-19H2;8H,2-3H2,1H3;2*1H;/q;;;;;+2/p-2. The molecule has 0 heterocycles. The molecular weight excluding hydrogens is 1020 g/mol. The Morgan fingerprint density at radius 3 is 1.27 bits per heavy atom. The monoisotopic (exact) mass is 1080 g/mol. The molecule has 0 aliphatic heterocycles. The number of halogens is 5. The van der Waals surface area contributed by atoms with Crippen LogP contribution in [0, 0.1) is 46.3 Å². The Kier molecular flexibility index (Phi) is 10.9. The van der Waals surface area contributed by atoms with Crippen LogP contribution in [0.15, 0.2) is 132 Å². The van der Waals surface area contributed by atoms with Crippen LogP contribution in [0.3, 0.4) is 0 Å². The van der Waals surface area contributed by atoms with Gasteiger partial charge in [-0.2, -0.15) is 0 Å². The summed E-state index contributed by atoms with van der Waals surface area (Å²) in [7, 11) is 18.9. The first-order valence-corrected chi connectivity index (χ1v) is 43.4. The van der Waals surface area contributed by atoms with Crippen LogP contribution in [0.5, 0.6) is 0 Å². The molecule has 0 nitrogen and oxygen atoms in total. The van der Waals surface area contributed by atoms with E-state index in [-0.39, 0.29) is 24.1 Å². The van der Waals surface area contributed by atoms with E-state index in [1.165, 1.54) is 154 Å². The molecule has 0 amide bonds. The van der Waals surface area contributed by atoms with Crippen molar-refractivity contribution in [3.8, 4) is 22.3 Å². The second kappa shape index (κ2) is 16.6. The third-order valence-electron chi connectivity index (χ3n) is 20.8. The molecule has 365 valence electrons. The van der Waals surface area contributed by atoms with E-state index >= 15 is 0 Å². The van der Waals surface area contributed by atoms with E-state index in [1.54, 1.807) is 0 Å². The number of benzene rings is 6. The van der Waals surface area contributed by atoms with Crippen molar-refractivity contribution >= 4 is 56.6 Å². The van der Waals surface area contributed by atoms with Gasteiger partial charge in [-0.3, -0.25) is 0 Å². The Bertz CT molecular complexity index is 2950. The van der Waals surface area contributed by atoms with E-state index in [0.29, 0.717) is 0 Å². The zero-order valence-electron chi connectivity index (χ0n) is 41.1. The molecule has 10 aliphatic rings. The summed E-state index contributed by atoms with van der Waals surface area (Å²) in [6, 6.07) is 44.5. The van der Waals surface area contributed by atoms with E-state index in [0.717, 1.165) is 48.3 Å².